The monoisotopic (exact) mass is 540 g/mol. The van der Waals surface area contributed by atoms with Crippen LogP contribution in [0.3, 0.4) is 0 Å². The van der Waals surface area contributed by atoms with E-state index < -0.39 is 31.2 Å². The van der Waals surface area contributed by atoms with Crippen LogP contribution < -0.4 is 4.74 Å². The van der Waals surface area contributed by atoms with Crippen molar-refractivity contribution in [2.75, 3.05) is 33.0 Å². The largest absolute Gasteiger partial charge is 0.491 e. The lowest BCUT2D eigenvalue weighted by Crippen LogP contribution is -2.54. The van der Waals surface area contributed by atoms with E-state index in [-0.39, 0.29) is 19.8 Å². The molecular formula is C25H31F7N2O3. The minimum absolute atomic E-state index is 0.0157. The van der Waals surface area contributed by atoms with Crippen molar-refractivity contribution in [2.45, 2.75) is 57.6 Å². The Morgan fingerprint density at radius 1 is 0.838 bits per heavy atom. The van der Waals surface area contributed by atoms with Crippen LogP contribution in [-0.2, 0) is 15.9 Å². The lowest BCUT2D eigenvalue weighted by atomic mass is 10.0. The van der Waals surface area contributed by atoms with Gasteiger partial charge in [0.1, 0.15) is 19.0 Å². The van der Waals surface area contributed by atoms with Gasteiger partial charge in [-0.2, -0.15) is 30.7 Å². The molecule has 1 aromatic carbocycles. The highest BCUT2D eigenvalue weighted by Gasteiger charge is 2.72. The Labute approximate surface area is 211 Å². The first-order valence-electron chi connectivity index (χ1n) is 11.9. The number of nitrogens with zero attached hydrogens (tertiary/aromatic N) is 2. The van der Waals surface area contributed by atoms with Gasteiger partial charge in [0, 0.05) is 18.0 Å². The smallest absolute Gasteiger partial charge is 0.459 e. The molecule has 0 saturated carbocycles. The number of hydrogen-bond acceptors (Lipinski definition) is 5. The zero-order valence-electron chi connectivity index (χ0n) is 20.7. The average Bonchev–Trinajstić information content (AvgIpc) is 2.85. The summed E-state index contributed by atoms with van der Waals surface area (Å²) in [4.78, 5) is 8.84. The molecule has 0 bridgehead atoms. The topological polar surface area (TPSA) is 53.5 Å². The maximum absolute atomic E-state index is 13.1. The highest BCUT2D eigenvalue weighted by Crippen LogP contribution is 2.46. The quantitative estimate of drug-likeness (QED) is 0.174. The second kappa shape index (κ2) is 13.9. The van der Waals surface area contributed by atoms with Crippen molar-refractivity contribution in [2.24, 2.45) is 5.92 Å². The van der Waals surface area contributed by atoms with Crippen molar-refractivity contribution < 1.29 is 44.9 Å². The van der Waals surface area contributed by atoms with Crippen molar-refractivity contribution in [3.8, 4) is 17.1 Å². The summed E-state index contributed by atoms with van der Waals surface area (Å²) in [7, 11) is 0. The summed E-state index contributed by atoms with van der Waals surface area (Å²) >= 11 is 0. The van der Waals surface area contributed by atoms with Crippen molar-refractivity contribution in [3.63, 3.8) is 0 Å². The third-order valence-corrected chi connectivity index (χ3v) is 5.64. The molecule has 0 radical (unpaired) electrons. The van der Waals surface area contributed by atoms with Crippen LogP contribution in [0.5, 0.6) is 5.75 Å². The zero-order chi connectivity index (χ0) is 27.5. The standard InChI is InChI=1S/C25H31F7N2O3/c1-3-18(2)5-4-6-19-15-33-22(34-16-19)20-7-9-21(10-8-20)37-14-13-35-11-12-36-17-23(26,27)24(28,29)25(30,31)32/h7-10,15-16,18H,3-6,11-14,17H2,1-2H3. The Kier molecular flexibility index (Phi) is 11.5. The molecule has 5 nitrogen and oxygen atoms in total. The van der Waals surface area contributed by atoms with Gasteiger partial charge in [-0.1, -0.05) is 26.7 Å². The Bertz CT molecular complexity index is 923. The molecule has 0 saturated heterocycles. The SMILES string of the molecule is CCC(C)CCCc1cnc(-c2ccc(OCCOCCOCC(F)(F)C(F)(F)C(F)(F)F)cc2)nc1. The number of aromatic nitrogens is 2. The van der Waals surface area contributed by atoms with Crippen LogP contribution in [0.25, 0.3) is 11.4 Å². The average molecular weight is 541 g/mol. The maximum Gasteiger partial charge on any atom is 0.459 e. The Balaban J connectivity index is 1.65. The number of benzene rings is 1. The van der Waals surface area contributed by atoms with Crippen molar-refractivity contribution in [1.82, 2.24) is 9.97 Å². The molecule has 1 heterocycles. The minimum Gasteiger partial charge on any atom is -0.491 e. The van der Waals surface area contributed by atoms with Crippen LogP contribution in [0.15, 0.2) is 36.7 Å². The molecular weight excluding hydrogens is 509 g/mol. The van der Waals surface area contributed by atoms with Crippen molar-refractivity contribution >= 4 is 0 Å². The molecule has 0 aliphatic heterocycles. The van der Waals surface area contributed by atoms with E-state index in [9.17, 15) is 30.7 Å². The summed E-state index contributed by atoms with van der Waals surface area (Å²) in [6, 6.07) is 7.01. The minimum atomic E-state index is -6.38. The summed E-state index contributed by atoms with van der Waals surface area (Å²) in [6.07, 6.45) is 1.65. The molecule has 0 N–H and O–H groups in total. The molecule has 0 fully saturated rings. The first kappa shape index (κ1) is 30.8. The van der Waals surface area contributed by atoms with Crippen molar-refractivity contribution in [3.05, 3.63) is 42.2 Å². The first-order valence-corrected chi connectivity index (χ1v) is 11.9. The number of alkyl halides is 7. The normalized spacial score (nSPS) is 13.5. The molecule has 12 heteroatoms. The fourth-order valence-electron chi connectivity index (χ4n) is 3.13. The summed E-state index contributed by atoms with van der Waals surface area (Å²) in [5.41, 5.74) is 1.89. The van der Waals surface area contributed by atoms with E-state index in [4.69, 9.17) is 9.47 Å². The fourth-order valence-corrected chi connectivity index (χ4v) is 3.13. The third kappa shape index (κ3) is 9.41. The molecule has 1 unspecified atom stereocenters. The van der Waals surface area contributed by atoms with Gasteiger partial charge in [-0.3, -0.25) is 0 Å². The van der Waals surface area contributed by atoms with Crippen LogP contribution in [0.2, 0.25) is 0 Å². The van der Waals surface area contributed by atoms with Gasteiger partial charge >= 0.3 is 18.0 Å². The van der Waals surface area contributed by atoms with Gasteiger partial charge in [-0.05, 0) is 48.6 Å². The molecule has 208 valence electrons. The van der Waals surface area contributed by atoms with E-state index in [1.807, 2.05) is 12.4 Å². The van der Waals surface area contributed by atoms with Gasteiger partial charge in [-0.25, -0.2) is 9.97 Å². The third-order valence-electron chi connectivity index (χ3n) is 5.64. The van der Waals surface area contributed by atoms with Gasteiger partial charge in [0.05, 0.1) is 19.8 Å². The molecule has 2 aromatic rings. The summed E-state index contributed by atoms with van der Waals surface area (Å²) in [6.45, 7) is 1.56. The Morgan fingerprint density at radius 3 is 2.03 bits per heavy atom. The molecule has 1 atom stereocenters. The highest BCUT2D eigenvalue weighted by molar-refractivity contribution is 5.55. The Hall–Kier alpha value is -2.47. The van der Waals surface area contributed by atoms with E-state index >= 15 is 0 Å². The van der Waals surface area contributed by atoms with E-state index in [2.05, 4.69) is 28.6 Å². The highest BCUT2D eigenvalue weighted by atomic mass is 19.4. The van der Waals surface area contributed by atoms with Crippen LogP contribution in [-0.4, -0.2) is 61.0 Å². The summed E-state index contributed by atoms with van der Waals surface area (Å²) in [5.74, 6) is -9.76. The van der Waals surface area contributed by atoms with Gasteiger partial charge in [-0.15, -0.1) is 0 Å². The zero-order valence-corrected chi connectivity index (χ0v) is 20.7. The van der Waals surface area contributed by atoms with Gasteiger partial charge in [0.15, 0.2) is 5.82 Å². The number of hydrogen-bond donors (Lipinski definition) is 0. The lowest BCUT2D eigenvalue weighted by Gasteiger charge is -2.27. The fraction of sp³-hybridized carbons (Fsp3) is 0.600. The van der Waals surface area contributed by atoms with Crippen LogP contribution in [0.1, 0.15) is 38.7 Å². The first-order chi connectivity index (χ1) is 17.4. The molecule has 37 heavy (non-hydrogen) atoms. The summed E-state index contributed by atoms with van der Waals surface area (Å²) in [5, 5.41) is 0. The van der Waals surface area contributed by atoms with Crippen LogP contribution >= 0.6 is 0 Å². The van der Waals surface area contributed by atoms with E-state index in [0.717, 1.165) is 24.0 Å². The van der Waals surface area contributed by atoms with Crippen molar-refractivity contribution in [1.29, 1.82) is 0 Å². The second-order valence-corrected chi connectivity index (χ2v) is 8.63. The molecule has 0 spiro atoms. The molecule has 0 aliphatic rings. The lowest BCUT2D eigenvalue weighted by molar-refractivity contribution is -0.361. The number of halogens is 7. The van der Waals surface area contributed by atoms with E-state index in [1.165, 1.54) is 12.8 Å². The predicted molar refractivity (Wildman–Crippen MR) is 123 cm³/mol. The molecule has 0 amide bonds. The van der Waals surface area contributed by atoms with Crippen LogP contribution in [0.4, 0.5) is 30.7 Å². The molecule has 2 rings (SSSR count). The van der Waals surface area contributed by atoms with Gasteiger partial charge < -0.3 is 14.2 Å². The van der Waals surface area contributed by atoms with Crippen LogP contribution in [0, 0.1) is 5.92 Å². The molecule has 1 aromatic heterocycles. The second-order valence-electron chi connectivity index (χ2n) is 8.63. The summed E-state index contributed by atoms with van der Waals surface area (Å²) < 4.78 is 103. The maximum atomic E-state index is 13.1. The number of ether oxygens (including phenoxy) is 3. The number of aryl methyl sites for hydroxylation is 1. The van der Waals surface area contributed by atoms with E-state index in [1.54, 1.807) is 24.3 Å². The number of rotatable bonds is 16. The van der Waals surface area contributed by atoms with Gasteiger partial charge in [0.25, 0.3) is 0 Å². The van der Waals surface area contributed by atoms with Gasteiger partial charge in [0.2, 0.25) is 0 Å². The predicted octanol–water partition coefficient (Wildman–Crippen LogP) is 6.76. The Morgan fingerprint density at radius 2 is 1.43 bits per heavy atom. The molecule has 0 aliphatic carbocycles. The van der Waals surface area contributed by atoms with E-state index in [0.29, 0.717) is 17.5 Å².